The SMILES string of the molecule is CNC(=O)CCc1ccc(OC(=O)CCOCCN)cc1. The summed E-state index contributed by atoms with van der Waals surface area (Å²) in [5.74, 6) is 0.149. The summed E-state index contributed by atoms with van der Waals surface area (Å²) in [6.45, 7) is 1.18. The van der Waals surface area contributed by atoms with Crippen molar-refractivity contribution in [3.63, 3.8) is 0 Å². The summed E-state index contributed by atoms with van der Waals surface area (Å²) in [4.78, 5) is 22.7. The third-order valence-electron chi connectivity index (χ3n) is 2.79. The van der Waals surface area contributed by atoms with E-state index in [-0.39, 0.29) is 18.3 Å². The first kappa shape index (κ1) is 17.1. The molecular weight excluding hydrogens is 272 g/mol. The number of rotatable bonds is 9. The summed E-state index contributed by atoms with van der Waals surface area (Å²) in [5.41, 5.74) is 6.29. The van der Waals surface area contributed by atoms with E-state index in [4.69, 9.17) is 15.2 Å². The number of hydrogen-bond acceptors (Lipinski definition) is 5. The van der Waals surface area contributed by atoms with E-state index >= 15 is 0 Å². The van der Waals surface area contributed by atoms with Gasteiger partial charge in [-0.2, -0.15) is 0 Å². The van der Waals surface area contributed by atoms with Crippen molar-refractivity contribution in [3.8, 4) is 5.75 Å². The first-order valence-electron chi connectivity index (χ1n) is 6.93. The van der Waals surface area contributed by atoms with E-state index in [0.29, 0.717) is 38.3 Å². The zero-order valence-corrected chi connectivity index (χ0v) is 12.3. The van der Waals surface area contributed by atoms with Crippen LogP contribution in [0.2, 0.25) is 0 Å². The maximum absolute atomic E-state index is 11.5. The van der Waals surface area contributed by atoms with Crippen LogP contribution < -0.4 is 15.8 Å². The number of carbonyl (C=O) groups excluding carboxylic acids is 2. The normalized spacial score (nSPS) is 10.2. The molecule has 1 amide bonds. The van der Waals surface area contributed by atoms with Gasteiger partial charge in [0.1, 0.15) is 5.75 Å². The molecule has 0 radical (unpaired) electrons. The predicted molar refractivity (Wildman–Crippen MR) is 79.0 cm³/mol. The van der Waals surface area contributed by atoms with Crippen molar-refractivity contribution in [1.82, 2.24) is 5.32 Å². The standard InChI is InChI=1S/C15H22N2O4/c1-17-14(18)7-4-12-2-5-13(6-3-12)21-15(19)8-10-20-11-9-16/h2-3,5-6H,4,7-11,16H2,1H3,(H,17,18). The van der Waals surface area contributed by atoms with Gasteiger partial charge in [0.05, 0.1) is 19.6 Å². The second-order valence-electron chi connectivity index (χ2n) is 4.44. The molecule has 6 heteroatoms. The Balaban J connectivity index is 2.33. The van der Waals surface area contributed by atoms with Gasteiger partial charge < -0.3 is 20.5 Å². The van der Waals surface area contributed by atoms with E-state index in [1.54, 1.807) is 19.2 Å². The molecule has 21 heavy (non-hydrogen) atoms. The van der Waals surface area contributed by atoms with Gasteiger partial charge in [0.25, 0.3) is 0 Å². The van der Waals surface area contributed by atoms with E-state index in [1.807, 2.05) is 12.1 Å². The molecule has 0 aliphatic heterocycles. The molecule has 0 saturated heterocycles. The fourth-order valence-corrected chi connectivity index (χ4v) is 1.63. The van der Waals surface area contributed by atoms with Crippen LogP contribution in [-0.2, 0) is 20.7 Å². The van der Waals surface area contributed by atoms with E-state index in [1.165, 1.54) is 0 Å². The Hall–Kier alpha value is -1.92. The van der Waals surface area contributed by atoms with Gasteiger partial charge in [0, 0.05) is 20.0 Å². The lowest BCUT2D eigenvalue weighted by molar-refractivity contribution is -0.135. The molecule has 116 valence electrons. The minimum Gasteiger partial charge on any atom is -0.426 e. The van der Waals surface area contributed by atoms with Crippen LogP contribution in [-0.4, -0.2) is 38.7 Å². The maximum Gasteiger partial charge on any atom is 0.313 e. The number of ether oxygens (including phenoxy) is 2. The lowest BCUT2D eigenvalue weighted by Crippen LogP contribution is -2.17. The fourth-order valence-electron chi connectivity index (χ4n) is 1.63. The molecule has 0 heterocycles. The number of aryl methyl sites for hydroxylation is 1. The van der Waals surface area contributed by atoms with Crippen molar-refractivity contribution in [2.24, 2.45) is 5.73 Å². The molecule has 3 N–H and O–H groups in total. The molecule has 0 unspecified atom stereocenters. The molecule has 0 bridgehead atoms. The summed E-state index contributed by atoms with van der Waals surface area (Å²) in [5, 5.41) is 2.57. The van der Waals surface area contributed by atoms with Gasteiger partial charge in [0.15, 0.2) is 0 Å². The average Bonchev–Trinajstić information content (AvgIpc) is 2.50. The molecule has 1 rings (SSSR count). The fraction of sp³-hybridized carbons (Fsp3) is 0.467. The third-order valence-corrected chi connectivity index (χ3v) is 2.79. The van der Waals surface area contributed by atoms with Crippen LogP contribution >= 0.6 is 0 Å². The number of carbonyl (C=O) groups is 2. The molecule has 6 nitrogen and oxygen atoms in total. The van der Waals surface area contributed by atoms with Crippen molar-refractivity contribution < 1.29 is 19.1 Å². The van der Waals surface area contributed by atoms with Crippen molar-refractivity contribution >= 4 is 11.9 Å². The van der Waals surface area contributed by atoms with Gasteiger partial charge in [-0.15, -0.1) is 0 Å². The Morgan fingerprint density at radius 2 is 1.86 bits per heavy atom. The van der Waals surface area contributed by atoms with Gasteiger partial charge in [-0.3, -0.25) is 9.59 Å². The van der Waals surface area contributed by atoms with E-state index in [0.717, 1.165) is 5.56 Å². The van der Waals surface area contributed by atoms with E-state index < -0.39 is 0 Å². The highest BCUT2D eigenvalue weighted by atomic mass is 16.5. The van der Waals surface area contributed by atoms with Crippen LogP contribution in [0.15, 0.2) is 24.3 Å². The minimum absolute atomic E-state index is 0.00276. The second kappa shape index (κ2) is 9.90. The molecule has 0 aromatic heterocycles. The molecular formula is C15H22N2O4. The van der Waals surface area contributed by atoms with Gasteiger partial charge in [-0.25, -0.2) is 0 Å². The Labute approximate surface area is 124 Å². The highest BCUT2D eigenvalue weighted by molar-refractivity contribution is 5.75. The number of esters is 1. The van der Waals surface area contributed by atoms with E-state index in [9.17, 15) is 9.59 Å². The summed E-state index contributed by atoms with van der Waals surface area (Å²) in [6, 6.07) is 7.13. The molecule has 1 aromatic rings. The lowest BCUT2D eigenvalue weighted by Gasteiger charge is -2.06. The van der Waals surface area contributed by atoms with Crippen LogP contribution in [0.25, 0.3) is 0 Å². The Morgan fingerprint density at radius 1 is 1.14 bits per heavy atom. The quantitative estimate of drug-likeness (QED) is 0.396. The maximum atomic E-state index is 11.5. The monoisotopic (exact) mass is 294 g/mol. The second-order valence-corrected chi connectivity index (χ2v) is 4.44. The van der Waals surface area contributed by atoms with Crippen LogP contribution in [0.4, 0.5) is 0 Å². The van der Waals surface area contributed by atoms with Gasteiger partial charge in [0.2, 0.25) is 5.91 Å². The predicted octanol–water partition coefficient (Wildman–Crippen LogP) is 0.636. The highest BCUT2D eigenvalue weighted by Gasteiger charge is 2.05. The smallest absolute Gasteiger partial charge is 0.313 e. The molecule has 1 aromatic carbocycles. The van der Waals surface area contributed by atoms with Gasteiger partial charge in [-0.05, 0) is 24.1 Å². The van der Waals surface area contributed by atoms with Gasteiger partial charge >= 0.3 is 5.97 Å². The van der Waals surface area contributed by atoms with E-state index in [2.05, 4.69) is 5.32 Å². The summed E-state index contributed by atoms with van der Waals surface area (Å²) in [7, 11) is 1.61. The van der Waals surface area contributed by atoms with Crippen molar-refractivity contribution in [3.05, 3.63) is 29.8 Å². The summed E-state index contributed by atoms with van der Waals surface area (Å²) < 4.78 is 10.3. The average molecular weight is 294 g/mol. The number of nitrogens with one attached hydrogen (secondary N) is 1. The molecule has 0 fully saturated rings. The van der Waals surface area contributed by atoms with Gasteiger partial charge in [-0.1, -0.05) is 12.1 Å². The largest absolute Gasteiger partial charge is 0.426 e. The van der Waals surface area contributed by atoms with Crippen molar-refractivity contribution in [2.75, 3.05) is 26.8 Å². The number of benzene rings is 1. The van der Waals surface area contributed by atoms with Crippen LogP contribution in [0, 0.1) is 0 Å². The Bertz CT molecular complexity index is 445. The number of nitrogens with two attached hydrogens (primary N) is 1. The van der Waals surface area contributed by atoms with Crippen LogP contribution in [0.5, 0.6) is 5.75 Å². The first-order valence-corrected chi connectivity index (χ1v) is 6.93. The summed E-state index contributed by atoms with van der Waals surface area (Å²) >= 11 is 0. The van der Waals surface area contributed by atoms with Crippen LogP contribution in [0.1, 0.15) is 18.4 Å². The van der Waals surface area contributed by atoms with Crippen molar-refractivity contribution in [1.29, 1.82) is 0 Å². The Morgan fingerprint density at radius 3 is 2.48 bits per heavy atom. The van der Waals surface area contributed by atoms with Crippen molar-refractivity contribution in [2.45, 2.75) is 19.3 Å². The number of hydrogen-bond donors (Lipinski definition) is 2. The molecule has 0 spiro atoms. The lowest BCUT2D eigenvalue weighted by atomic mass is 10.1. The topological polar surface area (TPSA) is 90.6 Å². The number of amides is 1. The Kier molecular flexibility index (Phi) is 8.08. The first-order chi connectivity index (χ1) is 10.2. The molecule has 0 saturated carbocycles. The zero-order chi connectivity index (χ0) is 15.5. The highest BCUT2D eigenvalue weighted by Crippen LogP contribution is 2.14. The zero-order valence-electron chi connectivity index (χ0n) is 12.3. The molecule has 0 aliphatic carbocycles. The van der Waals surface area contributed by atoms with Crippen LogP contribution in [0.3, 0.4) is 0 Å². The minimum atomic E-state index is -0.342. The molecule has 0 atom stereocenters. The molecule has 0 aliphatic rings. The summed E-state index contributed by atoms with van der Waals surface area (Å²) in [6.07, 6.45) is 1.29. The third kappa shape index (κ3) is 7.43.